The molecule has 0 aliphatic carbocycles. The van der Waals surface area contributed by atoms with Gasteiger partial charge >= 0.3 is 0 Å². The number of carbonyl (C=O) groups excluding carboxylic acids is 1. The fourth-order valence-corrected chi connectivity index (χ4v) is 3.55. The minimum Gasteiger partial charge on any atom is -0.396 e. The molecule has 0 saturated carbocycles. The molecular formula is C19H21NO2. The van der Waals surface area contributed by atoms with Gasteiger partial charge in [0.25, 0.3) is 0 Å². The van der Waals surface area contributed by atoms with Gasteiger partial charge in [0.1, 0.15) is 5.41 Å². The number of hydrogen-bond acceptors (Lipinski definition) is 2. The highest BCUT2D eigenvalue weighted by atomic mass is 16.3. The predicted octanol–water partition coefficient (Wildman–Crippen LogP) is 2.72. The molecule has 0 bridgehead atoms. The summed E-state index contributed by atoms with van der Waals surface area (Å²) in [6, 6.07) is 17.9. The van der Waals surface area contributed by atoms with Crippen molar-refractivity contribution in [3.05, 3.63) is 71.3 Å². The molecular weight excluding hydrogens is 274 g/mol. The zero-order valence-corrected chi connectivity index (χ0v) is 12.8. The Balaban J connectivity index is 2.28. The molecule has 0 radical (unpaired) electrons. The third-order valence-electron chi connectivity index (χ3n) is 4.63. The van der Waals surface area contributed by atoms with Crippen LogP contribution < -0.4 is 0 Å². The SMILES string of the molecule is CCN1Cc2ccccc2C(CCO)(c2ccccc2)C1=O. The Labute approximate surface area is 131 Å². The Kier molecular flexibility index (Phi) is 3.99. The van der Waals surface area contributed by atoms with Crippen LogP contribution in [-0.4, -0.2) is 29.1 Å². The van der Waals surface area contributed by atoms with E-state index in [1.165, 1.54) is 5.56 Å². The van der Waals surface area contributed by atoms with E-state index >= 15 is 0 Å². The molecule has 3 rings (SSSR count). The number of aliphatic hydroxyl groups excluding tert-OH is 1. The molecule has 1 atom stereocenters. The van der Waals surface area contributed by atoms with Crippen molar-refractivity contribution in [2.75, 3.05) is 13.2 Å². The summed E-state index contributed by atoms with van der Waals surface area (Å²) in [5.41, 5.74) is 2.38. The van der Waals surface area contributed by atoms with Crippen molar-refractivity contribution < 1.29 is 9.90 Å². The number of benzene rings is 2. The van der Waals surface area contributed by atoms with Crippen LogP contribution in [0.4, 0.5) is 0 Å². The predicted molar refractivity (Wildman–Crippen MR) is 86.5 cm³/mol. The summed E-state index contributed by atoms with van der Waals surface area (Å²) in [6.07, 6.45) is 0.406. The number of likely N-dealkylation sites (N-methyl/N-ethyl adjacent to an activating group) is 1. The molecule has 0 aromatic heterocycles. The number of carbonyl (C=O) groups is 1. The van der Waals surface area contributed by atoms with Crippen LogP contribution in [0, 0.1) is 0 Å². The summed E-state index contributed by atoms with van der Waals surface area (Å²) >= 11 is 0. The van der Waals surface area contributed by atoms with Gasteiger partial charge in [0.05, 0.1) is 0 Å². The zero-order valence-electron chi connectivity index (χ0n) is 12.8. The van der Waals surface area contributed by atoms with E-state index < -0.39 is 5.41 Å². The second-order valence-electron chi connectivity index (χ2n) is 5.72. The van der Waals surface area contributed by atoms with Gasteiger partial charge in [-0.1, -0.05) is 54.6 Å². The van der Waals surface area contributed by atoms with E-state index in [0.29, 0.717) is 19.5 Å². The van der Waals surface area contributed by atoms with Gasteiger partial charge in [0.15, 0.2) is 0 Å². The fraction of sp³-hybridized carbons (Fsp3) is 0.316. The average molecular weight is 295 g/mol. The number of nitrogens with zero attached hydrogens (tertiary/aromatic N) is 1. The second kappa shape index (κ2) is 5.93. The van der Waals surface area contributed by atoms with Gasteiger partial charge in [-0.25, -0.2) is 0 Å². The molecule has 0 fully saturated rings. The third-order valence-corrected chi connectivity index (χ3v) is 4.63. The lowest BCUT2D eigenvalue weighted by Gasteiger charge is -2.43. The number of aliphatic hydroxyl groups is 1. The smallest absolute Gasteiger partial charge is 0.238 e. The van der Waals surface area contributed by atoms with Gasteiger partial charge in [0.2, 0.25) is 5.91 Å². The van der Waals surface area contributed by atoms with Crippen molar-refractivity contribution in [1.82, 2.24) is 4.90 Å². The maximum absolute atomic E-state index is 13.2. The lowest BCUT2D eigenvalue weighted by atomic mass is 9.67. The number of rotatable bonds is 4. The lowest BCUT2D eigenvalue weighted by Crippen LogP contribution is -2.52. The maximum atomic E-state index is 13.2. The van der Waals surface area contributed by atoms with Crippen LogP contribution in [0.3, 0.4) is 0 Å². The lowest BCUT2D eigenvalue weighted by molar-refractivity contribution is -0.138. The topological polar surface area (TPSA) is 40.5 Å². The van der Waals surface area contributed by atoms with Gasteiger partial charge in [-0.2, -0.15) is 0 Å². The molecule has 2 aromatic carbocycles. The van der Waals surface area contributed by atoms with Crippen LogP contribution in [0.25, 0.3) is 0 Å². The van der Waals surface area contributed by atoms with Crippen molar-refractivity contribution in [2.24, 2.45) is 0 Å². The van der Waals surface area contributed by atoms with Gasteiger partial charge in [-0.05, 0) is 30.0 Å². The van der Waals surface area contributed by atoms with E-state index in [1.807, 2.05) is 60.4 Å². The van der Waals surface area contributed by atoms with Crippen LogP contribution in [-0.2, 0) is 16.8 Å². The number of fused-ring (bicyclic) bond motifs is 1. The van der Waals surface area contributed by atoms with Gasteiger partial charge in [-0.15, -0.1) is 0 Å². The molecule has 1 N–H and O–H groups in total. The Morgan fingerprint density at radius 2 is 1.77 bits per heavy atom. The van der Waals surface area contributed by atoms with Crippen molar-refractivity contribution in [3.8, 4) is 0 Å². The summed E-state index contributed by atoms with van der Waals surface area (Å²) < 4.78 is 0. The second-order valence-corrected chi connectivity index (χ2v) is 5.72. The standard InChI is InChI=1S/C19H21NO2/c1-2-20-14-15-8-6-7-11-17(15)19(12-13-21,18(20)22)16-9-4-3-5-10-16/h3-11,21H,2,12-14H2,1H3. The van der Waals surface area contributed by atoms with Crippen LogP contribution in [0.2, 0.25) is 0 Å². The summed E-state index contributed by atoms with van der Waals surface area (Å²) in [4.78, 5) is 15.1. The molecule has 0 saturated heterocycles. The van der Waals surface area contributed by atoms with Crippen molar-refractivity contribution >= 4 is 5.91 Å². The van der Waals surface area contributed by atoms with E-state index in [0.717, 1.165) is 11.1 Å². The van der Waals surface area contributed by atoms with E-state index in [1.54, 1.807) is 0 Å². The monoisotopic (exact) mass is 295 g/mol. The minimum absolute atomic E-state index is 0.0213. The largest absolute Gasteiger partial charge is 0.396 e. The fourth-order valence-electron chi connectivity index (χ4n) is 3.55. The summed E-state index contributed by atoms with van der Waals surface area (Å²) in [7, 11) is 0. The number of hydrogen-bond donors (Lipinski definition) is 1. The maximum Gasteiger partial charge on any atom is 0.238 e. The Hall–Kier alpha value is -2.13. The first kappa shape index (κ1) is 14.8. The van der Waals surface area contributed by atoms with E-state index in [4.69, 9.17) is 0 Å². The molecule has 22 heavy (non-hydrogen) atoms. The van der Waals surface area contributed by atoms with Crippen molar-refractivity contribution in [2.45, 2.75) is 25.3 Å². The van der Waals surface area contributed by atoms with E-state index in [-0.39, 0.29) is 12.5 Å². The zero-order chi connectivity index (χ0) is 15.6. The molecule has 2 aromatic rings. The van der Waals surface area contributed by atoms with Crippen molar-refractivity contribution in [1.29, 1.82) is 0 Å². The first-order valence-electron chi connectivity index (χ1n) is 7.78. The van der Waals surface area contributed by atoms with E-state index in [2.05, 4.69) is 6.07 Å². The first-order chi connectivity index (χ1) is 10.7. The normalized spacial score (nSPS) is 20.8. The Morgan fingerprint density at radius 1 is 1.09 bits per heavy atom. The molecule has 3 heteroatoms. The van der Waals surface area contributed by atoms with Crippen LogP contribution in [0.5, 0.6) is 0 Å². The highest BCUT2D eigenvalue weighted by Crippen LogP contribution is 2.42. The molecule has 1 heterocycles. The molecule has 0 spiro atoms. The highest BCUT2D eigenvalue weighted by molar-refractivity contribution is 5.94. The summed E-state index contributed by atoms with van der Waals surface area (Å²) in [5, 5.41) is 9.68. The number of amides is 1. The molecule has 114 valence electrons. The van der Waals surface area contributed by atoms with Crippen LogP contribution >= 0.6 is 0 Å². The minimum atomic E-state index is -0.777. The summed E-state index contributed by atoms with van der Waals surface area (Å²) in [5.74, 6) is 0.0916. The Morgan fingerprint density at radius 3 is 2.45 bits per heavy atom. The van der Waals surface area contributed by atoms with Crippen LogP contribution in [0.1, 0.15) is 30.0 Å². The van der Waals surface area contributed by atoms with Gasteiger partial charge in [-0.3, -0.25) is 4.79 Å². The van der Waals surface area contributed by atoms with Crippen molar-refractivity contribution in [3.63, 3.8) is 0 Å². The van der Waals surface area contributed by atoms with Gasteiger partial charge in [0, 0.05) is 19.7 Å². The first-order valence-corrected chi connectivity index (χ1v) is 7.78. The molecule has 1 unspecified atom stereocenters. The highest BCUT2D eigenvalue weighted by Gasteiger charge is 2.47. The van der Waals surface area contributed by atoms with E-state index in [9.17, 15) is 9.90 Å². The molecule has 1 aliphatic rings. The van der Waals surface area contributed by atoms with Crippen LogP contribution in [0.15, 0.2) is 54.6 Å². The molecule has 1 amide bonds. The third kappa shape index (κ3) is 2.13. The molecule has 3 nitrogen and oxygen atoms in total. The van der Waals surface area contributed by atoms with Gasteiger partial charge < -0.3 is 10.0 Å². The molecule has 1 aliphatic heterocycles. The quantitative estimate of drug-likeness (QED) is 0.942. The summed E-state index contributed by atoms with van der Waals surface area (Å²) in [6.45, 7) is 3.30. The Bertz CT molecular complexity index is 668. The average Bonchev–Trinajstić information content (AvgIpc) is 2.58.